The van der Waals surface area contributed by atoms with E-state index < -0.39 is 30.7 Å². The Balaban J connectivity index is 2.24. The number of aliphatic hydroxyl groups is 3. The van der Waals surface area contributed by atoms with Crippen molar-refractivity contribution in [1.82, 2.24) is 19.5 Å². The summed E-state index contributed by atoms with van der Waals surface area (Å²) in [7, 11) is 0. The average Bonchev–Trinajstić information content (AvgIpc) is 2.87. The molecule has 0 saturated heterocycles. The summed E-state index contributed by atoms with van der Waals surface area (Å²) in [5.41, 5.74) is 5.63. The minimum Gasteiger partial charge on any atom is -0.392 e. The number of aromatic nitrogens is 4. The van der Waals surface area contributed by atoms with Crippen LogP contribution in [0.3, 0.4) is 0 Å². The first-order valence-electron chi connectivity index (χ1n) is 5.96. The third kappa shape index (κ3) is 1.89. The number of imidazole rings is 1. The first kappa shape index (κ1) is 14.1. The van der Waals surface area contributed by atoms with E-state index in [1.165, 1.54) is 0 Å². The zero-order valence-electron chi connectivity index (χ0n) is 10.5. The number of hydrogen-bond donors (Lipinski definition) is 4. The highest BCUT2D eigenvalue weighted by Gasteiger charge is 2.44. The number of hydrogen-bond acceptors (Lipinski definition) is 7. The Bertz CT molecular complexity index is 749. The van der Waals surface area contributed by atoms with Crippen LogP contribution in [0.15, 0.2) is 17.7 Å². The Morgan fingerprint density at radius 2 is 2.10 bits per heavy atom. The number of nitrogens with zero attached hydrogens (tertiary/aromatic N) is 4. The van der Waals surface area contributed by atoms with Crippen LogP contribution < -0.4 is 5.73 Å². The minimum absolute atomic E-state index is 0.0560. The van der Waals surface area contributed by atoms with Gasteiger partial charge in [-0.3, -0.25) is 4.57 Å². The Hall–Kier alpha value is -1.81. The predicted molar refractivity (Wildman–Crippen MR) is 71.0 cm³/mol. The molecule has 0 aliphatic heterocycles. The van der Waals surface area contributed by atoms with Crippen LogP contribution in [0.5, 0.6) is 0 Å². The van der Waals surface area contributed by atoms with Crippen molar-refractivity contribution in [3.8, 4) is 0 Å². The molecule has 3 atom stereocenters. The molecule has 5 N–H and O–H groups in total. The molecule has 0 fully saturated rings. The van der Waals surface area contributed by atoms with Gasteiger partial charge in [-0.2, -0.15) is 0 Å². The standard InChI is InChI=1S/C11H11ClFN5O3/c12-11-17-5-9(14)15-2-16-10(5)18(11)6-4(13)3(1-19)7(20)8(6)21/h2,6-8,19-21H,1H2,(H2,14,15,16). The molecule has 0 amide bonds. The Morgan fingerprint density at radius 3 is 2.71 bits per heavy atom. The Kier molecular flexibility index (Phi) is 3.29. The number of nitrogen functional groups attached to an aromatic ring is 1. The topological polar surface area (TPSA) is 130 Å². The summed E-state index contributed by atoms with van der Waals surface area (Å²) < 4.78 is 15.5. The van der Waals surface area contributed by atoms with Gasteiger partial charge < -0.3 is 21.1 Å². The van der Waals surface area contributed by atoms with Crippen molar-refractivity contribution in [3.63, 3.8) is 0 Å². The summed E-state index contributed by atoms with van der Waals surface area (Å²) in [6, 6.07) is -1.34. The van der Waals surface area contributed by atoms with Gasteiger partial charge in [0.25, 0.3) is 0 Å². The average molecular weight is 316 g/mol. The lowest BCUT2D eigenvalue weighted by Crippen LogP contribution is -2.30. The summed E-state index contributed by atoms with van der Waals surface area (Å²) in [5.74, 6) is -0.823. The molecular formula is C11H11ClFN5O3. The molecule has 0 radical (unpaired) electrons. The molecule has 2 aromatic heterocycles. The SMILES string of the molecule is Nc1ncnc2c1nc(Cl)n2C1C(F)=C(CO)C(O)C1O. The van der Waals surface area contributed by atoms with Crippen LogP contribution in [0.2, 0.25) is 5.28 Å². The zero-order valence-corrected chi connectivity index (χ0v) is 11.2. The van der Waals surface area contributed by atoms with Crippen LogP contribution >= 0.6 is 11.6 Å². The van der Waals surface area contributed by atoms with Gasteiger partial charge in [0.15, 0.2) is 17.0 Å². The first-order valence-corrected chi connectivity index (χ1v) is 6.34. The molecule has 1 aliphatic rings. The molecule has 2 aromatic rings. The smallest absolute Gasteiger partial charge is 0.205 e. The number of anilines is 1. The monoisotopic (exact) mass is 315 g/mol. The van der Waals surface area contributed by atoms with Gasteiger partial charge in [-0.1, -0.05) is 0 Å². The molecule has 21 heavy (non-hydrogen) atoms. The number of halogens is 2. The second-order valence-electron chi connectivity index (χ2n) is 4.59. The van der Waals surface area contributed by atoms with E-state index in [0.717, 1.165) is 10.9 Å². The van der Waals surface area contributed by atoms with Crippen molar-refractivity contribution in [3.05, 3.63) is 23.0 Å². The van der Waals surface area contributed by atoms with Crippen molar-refractivity contribution in [2.45, 2.75) is 18.2 Å². The lowest BCUT2D eigenvalue weighted by molar-refractivity contribution is 0.0262. The van der Waals surface area contributed by atoms with Gasteiger partial charge in [0.2, 0.25) is 5.28 Å². The van der Waals surface area contributed by atoms with Crippen LogP contribution in [0.4, 0.5) is 10.2 Å². The maximum atomic E-state index is 14.3. The molecule has 10 heteroatoms. The maximum Gasteiger partial charge on any atom is 0.205 e. The molecule has 3 rings (SSSR count). The van der Waals surface area contributed by atoms with Crippen LogP contribution in [-0.2, 0) is 0 Å². The van der Waals surface area contributed by atoms with Crippen molar-refractivity contribution in [2.24, 2.45) is 0 Å². The van der Waals surface area contributed by atoms with Gasteiger partial charge in [0.05, 0.1) is 6.61 Å². The van der Waals surface area contributed by atoms with E-state index in [-0.39, 0.29) is 27.8 Å². The third-order valence-electron chi connectivity index (χ3n) is 3.48. The Labute approximate surface area is 122 Å². The third-order valence-corrected chi connectivity index (χ3v) is 3.75. The predicted octanol–water partition coefficient (Wildman–Crippen LogP) is -0.446. The second-order valence-corrected chi connectivity index (χ2v) is 4.93. The molecule has 0 saturated carbocycles. The van der Waals surface area contributed by atoms with Crippen LogP contribution in [0.1, 0.15) is 6.04 Å². The molecule has 0 spiro atoms. The van der Waals surface area contributed by atoms with Crippen molar-refractivity contribution < 1.29 is 19.7 Å². The fourth-order valence-electron chi connectivity index (χ4n) is 2.44. The second kappa shape index (κ2) is 4.88. The molecule has 2 heterocycles. The number of nitrogens with two attached hydrogens (primary N) is 1. The van der Waals surface area contributed by atoms with E-state index >= 15 is 0 Å². The maximum absolute atomic E-state index is 14.3. The number of rotatable bonds is 2. The van der Waals surface area contributed by atoms with Crippen LogP contribution in [-0.4, -0.2) is 53.7 Å². The zero-order chi connectivity index (χ0) is 15.3. The van der Waals surface area contributed by atoms with Gasteiger partial charge in [-0.25, -0.2) is 19.3 Å². The summed E-state index contributed by atoms with van der Waals surface area (Å²) in [5, 5.41) is 28.7. The normalized spacial score (nSPS) is 26.0. The van der Waals surface area contributed by atoms with Gasteiger partial charge in [0.1, 0.15) is 30.4 Å². The van der Waals surface area contributed by atoms with Gasteiger partial charge in [0, 0.05) is 5.57 Å². The van der Waals surface area contributed by atoms with Crippen molar-refractivity contribution in [1.29, 1.82) is 0 Å². The molecule has 3 unspecified atom stereocenters. The molecular weight excluding hydrogens is 305 g/mol. The minimum atomic E-state index is -1.53. The molecule has 8 nitrogen and oxygen atoms in total. The number of aliphatic hydroxyl groups excluding tert-OH is 3. The highest BCUT2D eigenvalue weighted by molar-refractivity contribution is 6.29. The van der Waals surface area contributed by atoms with Gasteiger partial charge in [-0.15, -0.1) is 0 Å². The largest absolute Gasteiger partial charge is 0.392 e. The Morgan fingerprint density at radius 1 is 1.38 bits per heavy atom. The van der Waals surface area contributed by atoms with Crippen molar-refractivity contribution in [2.75, 3.05) is 12.3 Å². The molecule has 0 aromatic carbocycles. The summed E-state index contributed by atoms with van der Waals surface area (Å²) >= 11 is 5.97. The van der Waals surface area contributed by atoms with E-state index in [1.54, 1.807) is 0 Å². The van der Waals surface area contributed by atoms with Gasteiger partial charge >= 0.3 is 0 Å². The number of fused-ring (bicyclic) bond motifs is 1. The quantitative estimate of drug-likeness (QED) is 0.552. The lowest BCUT2D eigenvalue weighted by atomic mass is 10.1. The summed E-state index contributed by atoms with van der Waals surface area (Å²) in [6.07, 6.45) is -1.91. The van der Waals surface area contributed by atoms with E-state index in [4.69, 9.17) is 22.4 Å². The van der Waals surface area contributed by atoms with E-state index in [9.17, 15) is 14.6 Å². The highest BCUT2D eigenvalue weighted by atomic mass is 35.5. The fourth-order valence-corrected chi connectivity index (χ4v) is 2.71. The summed E-state index contributed by atoms with van der Waals surface area (Å²) in [4.78, 5) is 11.6. The van der Waals surface area contributed by atoms with E-state index in [1.807, 2.05) is 0 Å². The lowest BCUT2D eigenvalue weighted by Gasteiger charge is -2.19. The van der Waals surface area contributed by atoms with Crippen LogP contribution in [0, 0.1) is 0 Å². The highest BCUT2D eigenvalue weighted by Crippen LogP contribution is 2.40. The van der Waals surface area contributed by atoms with Gasteiger partial charge in [-0.05, 0) is 11.6 Å². The molecule has 112 valence electrons. The van der Waals surface area contributed by atoms with Crippen LogP contribution in [0.25, 0.3) is 11.2 Å². The summed E-state index contributed by atoms with van der Waals surface area (Å²) in [6.45, 7) is -0.720. The van der Waals surface area contributed by atoms with E-state index in [0.29, 0.717) is 0 Å². The molecule has 1 aliphatic carbocycles. The molecule has 0 bridgehead atoms. The first-order chi connectivity index (χ1) is 9.97. The van der Waals surface area contributed by atoms with E-state index in [2.05, 4.69) is 15.0 Å². The van der Waals surface area contributed by atoms with Crippen molar-refractivity contribution >= 4 is 28.6 Å². The fraction of sp³-hybridized carbons (Fsp3) is 0.364.